The second kappa shape index (κ2) is 22.7. The van der Waals surface area contributed by atoms with E-state index in [4.69, 9.17) is 18.9 Å². The number of rotatable bonds is 17. The average molecular weight is 914 g/mol. The predicted molar refractivity (Wildman–Crippen MR) is 282 cm³/mol. The molecule has 0 atom stereocenters. The molecule has 67 heavy (non-hydrogen) atoms. The molecule has 1 aliphatic rings. The number of benzene rings is 4. The molecule has 0 heterocycles. The Kier molecular flexibility index (Phi) is 18.0. The number of nitrogens with zero attached hydrogens (tertiary/aromatic N) is 3. The van der Waals surface area contributed by atoms with Gasteiger partial charge in [-0.3, -0.25) is 0 Å². The lowest BCUT2D eigenvalue weighted by molar-refractivity contribution is 0.301. The van der Waals surface area contributed by atoms with E-state index < -0.39 is 0 Å². The van der Waals surface area contributed by atoms with Gasteiger partial charge in [-0.05, 0) is 121 Å². The van der Waals surface area contributed by atoms with Gasteiger partial charge in [-0.25, -0.2) is 0 Å². The fourth-order valence-corrected chi connectivity index (χ4v) is 9.18. The van der Waals surface area contributed by atoms with E-state index in [0.29, 0.717) is 52.2 Å². The van der Waals surface area contributed by atoms with Crippen LogP contribution in [0.2, 0.25) is 0 Å². The second-order valence-electron chi connectivity index (χ2n) is 23.3. The summed E-state index contributed by atoms with van der Waals surface area (Å²) in [5, 5.41) is 3.97. The van der Waals surface area contributed by atoms with Crippen LogP contribution < -0.4 is 18.9 Å². The standard InChI is InChI=1S/C60H87N3O4/c1-17-25-64-53-40-29-41-33-47(58(8,9)10)35-43(54(41)65-26-18-2)31-45-37-49(60(14,15)16)39-52(56(45)67-28-20-4)50(23-21-22-24-62-63-61)51-38-48(59(11,12)13)36-44(55(51)66-27-19-3)30-42(53)34-46(32-40)57(5,6)7/h32-39,50H,17-31H2,1-16H3. The summed E-state index contributed by atoms with van der Waals surface area (Å²) < 4.78 is 28.3. The predicted octanol–water partition coefficient (Wildman–Crippen LogP) is 16.7. The highest BCUT2D eigenvalue weighted by molar-refractivity contribution is 5.61. The number of hydrogen-bond acceptors (Lipinski definition) is 5. The molecule has 0 saturated heterocycles. The molecule has 7 heteroatoms. The van der Waals surface area contributed by atoms with Crippen LogP contribution in [-0.4, -0.2) is 33.0 Å². The molecule has 0 spiro atoms. The highest BCUT2D eigenvalue weighted by atomic mass is 16.5. The van der Waals surface area contributed by atoms with Crippen LogP contribution in [0.1, 0.15) is 228 Å². The van der Waals surface area contributed by atoms with Crippen molar-refractivity contribution in [2.24, 2.45) is 5.11 Å². The van der Waals surface area contributed by atoms with Gasteiger partial charge in [0.15, 0.2) is 0 Å². The molecule has 1 aliphatic carbocycles. The number of hydrogen-bond donors (Lipinski definition) is 0. The van der Waals surface area contributed by atoms with Gasteiger partial charge in [0.05, 0.1) is 26.4 Å². The van der Waals surface area contributed by atoms with Crippen molar-refractivity contribution < 1.29 is 18.9 Å². The average Bonchev–Trinajstić information content (AvgIpc) is 3.24. The lowest BCUT2D eigenvalue weighted by Crippen LogP contribution is -2.19. The SMILES string of the molecule is CCCOc1c2cc(C(C)(C)C)cc1Cc1cc(C(C)(C)C)cc(c1OCCC)C(CCCCN=[N+]=[N-])c1cc(C(C)(C)C)cc(c1OCCC)Cc1cc(C(C)(C)C)cc(c1OCCC)C2. The third-order valence-corrected chi connectivity index (χ3v) is 13.1. The van der Waals surface area contributed by atoms with E-state index in [2.05, 4.69) is 169 Å². The molecule has 0 N–H and O–H groups in total. The minimum atomic E-state index is -0.151. The Labute approximate surface area is 406 Å². The quantitative estimate of drug-likeness (QED) is 0.0457. The molecule has 0 unspecified atom stereocenters. The summed E-state index contributed by atoms with van der Waals surface area (Å²) in [6, 6.07) is 19.4. The second-order valence-corrected chi connectivity index (χ2v) is 23.3. The van der Waals surface area contributed by atoms with Gasteiger partial charge in [0.1, 0.15) is 23.0 Å². The molecule has 8 bridgehead atoms. The first-order valence-electron chi connectivity index (χ1n) is 25.7. The van der Waals surface area contributed by atoms with Crippen LogP contribution in [0.5, 0.6) is 23.0 Å². The normalized spacial score (nSPS) is 13.6. The van der Waals surface area contributed by atoms with Gasteiger partial charge in [0, 0.05) is 47.8 Å². The zero-order chi connectivity index (χ0) is 49.3. The van der Waals surface area contributed by atoms with E-state index in [0.717, 1.165) is 67.9 Å². The fourth-order valence-electron chi connectivity index (χ4n) is 9.18. The monoisotopic (exact) mass is 914 g/mol. The highest BCUT2D eigenvalue weighted by Gasteiger charge is 2.33. The van der Waals surface area contributed by atoms with Crippen molar-refractivity contribution in [3.8, 4) is 23.0 Å². The van der Waals surface area contributed by atoms with Crippen LogP contribution in [0.15, 0.2) is 53.6 Å². The molecule has 0 aromatic heterocycles. The maximum atomic E-state index is 9.27. The molecule has 4 aromatic carbocycles. The van der Waals surface area contributed by atoms with Gasteiger partial charge >= 0.3 is 0 Å². The molecular weight excluding hydrogens is 827 g/mol. The van der Waals surface area contributed by atoms with Crippen LogP contribution >= 0.6 is 0 Å². The molecular formula is C60H87N3O4. The third-order valence-electron chi connectivity index (χ3n) is 13.1. The highest BCUT2D eigenvalue weighted by Crippen LogP contribution is 2.49. The summed E-state index contributed by atoms with van der Waals surface area (Å²) in [5.74, 6) is 3.79. The molecule has 366 valence electrons. The number of ether oxygens (including phenoxy) is 4. The molecule has 7 nitrogen and oxygen atoms in total. The Balaban J connectivity index is 2.09. The Hall–Kier alpha value is -4.61. The summed E-state index contributed by atoms with van der Waals surface area (Å²) in [6.45, 7) is 39.5. The third kappa shape index (κ3) is 13.6. The molecule has 0 fully saturated rings. The summed E-state index contributed by atoms with van der Waals surface area (Å²) in [5.41, 5.74) is 23.3. The van der Waals surface area contributed by atoms with Crippen molar-refractivity contribution in [2.45, 2.75) is 203 Å². The first kappa shape index (κ1) is 53.3. The van der Waals surface area contributed by atoms with E-state index in [1.807, 2.05) is 0 Å². The van der Waals surface area contributed by atoms with Gasteiger partial charge in [-0.1, -0.05) is 171 Å². The van der Waals surface area contributed by atoms with Crippen molar-refractivity contribution >= 4 is 0 Å². The molecule has 4 aromatic rings. The van der Waals surface area contributed by atoms with Crippen LogP contribution in [0.25, 0.3) is 10.4 Å². The Morgan fingerprint density at radius 3 is 1.01 bits per heavy atom. The van der Waals surface area contributed by atoms with Gasteiger partial charge in [-0.2, -0.15) is 0 Å². The lowest BCUT2D eigenvalue weighted by atomic mass is 9.76. The summed E-state index contributed by atoms with van der Waals surface area (Å²) in [7, 11) is 0. The van der Waals surface area contributed by atoms with E-state index in [1.54, 1.807) is 0 Å². The fraction of sp³-hybridized carbons (Fsp3) is 0.600. The van der Waals surface area contributed by atoms with Crippen LogP contribution in [-0.2, 0) is 40.9 Å². The summed E-state index contributed by atoms with van der Waals surface area (Å²) >= 11 is 0. The van der Waals surface area contributed by atoms with Crippen LogP contribution in [0.4, 0.5) is 0 Å². The topological polar surface area (TPSA) is 85.7 Å². The van der Waals surface area contributed by atoms with Crippen LogP contribution in [0, 0.1) is 0 Å². The summed E-state index contributed by atoms with van der Waals surface area (Å²) in [6.07, 6.45) is 8.03. The maximum absolute atomic E-state index is 9.27. The minimum absolute atomic E-state index is 0.0839. The van der Waals surface area contributed by atoms with E-state index >= 15 is 0 Å². The largest absolute Gasteiger partial charge is 0.493 e. The maximum Gasteiger partial charge on any atom is 0.126 e. The molecule has 5 rings (SSSR count). The van der Waals surface area contributed by atoms with Crippen molar-refractivity contribution in [1.82, 2.24) is 0 Å². The smallest absolute Gasteiger partial charge is 0.126 e. The molecule has 0 amide bonds. The first-order chi connectivity index (χ1) is 31.5. The van der Waals surface area contributed by atoms with Gasteiger partial charge < -0.3 is 18.9 Å². The van der Waals surface area contributed by atoms with Gasteiger partial charge in [0.25, 0.3) is 0 Å². The van der Waals surface area contributed by atoms with Crippen molar-refractivity contribution in [2.75, 3.05) is 33.0 Å². The lowest BCUT2D eigenvalue weighted by Gasteiger charge is -2.32. The summed E-state index contributed by atoms with van der Waals surface area (Å²) in [4.78, 5) is 3.11. The minimum Gasteiger partial charge on any atom is -0.493 e. The van der Waals surface area contributed by atoms with Crippen LogP contribution in [0.3, 0.4) is 0 Å². The van der Waals surface area contributed by atoms with E-state index in [-0.39, 0.29) is 27.6 Å². The Morgan fingerprint density at radius 2 is 0.731 bits per heavy atom. The number of unbranched alkanes of at least 4 members (excludes halogenated alkanes) is 1. The number of fused-ring (bicyclic) bond motifs is 8. The van der Waals surface area contributed by atoms with Gasteiger partial charge in [-0.15, -0.1) is 0 Å². The van der Waals surface area contributed by atoms with E-state index in [9.17, 15) is 5.53 Å². The zero-order valence-corrected chi connectivity index (χ0v) is 44.8. The van der Waals surface area contributed by atoms with E-state index in [1.165, 1.54) is 66.8 Å². The molecule has 0 aliphatic heterocycles. The van der Waals surface area contributed by atoms with Crippen molar-refractivity contribution in [3.63, 3.8) is 0 Å². The Bertz CT molecular complexity index is 2190. The van der Waals surface area contributed by atoms with Gasteiger partial charge in [0.2, 0.25) is 0 Å². The first-order valence-corrected chi connectivity index (χ1v) is 25.7. The Morgan fingerprint density at radius 1 is 0.448 bits per heavy atom. The van der Waals surface area contributed by atoms with Crippen molar-refractivity contribution in [3.05, 3.63) is 126 Å². The number of azide groups is 1. The molecule has 0 saturated carbocycles. The molecule has 0 radical (unpaired) electrons. The van der Waals surface area contributed by atoms with Crippen molar-refractivity contribution in [1.29, 1.82) is 0 Å². The zero-order valence-electron chi connectivity index (χ0n) is 44.8.